The Morgan fingerprint density at radius 1 is 1.58 bits per heavy atom. The fourth-order valence-corrected chi connectivity index (χ4v) is 1.04. The zero-order chi connectivity index (χ0) is 9.14. The van der Waals surface area contributed by atoms with E-state index in [4.69, 9.17) is 5.26 Å². The largest absolute Gasteiger partial charge is 0.346 e. The smallest absolute Gasteiger partial charge is 0.109 e. The third-order valence-corrected chi connectivity index (χ3v) is 1.80. The van der Waals surface area contributed by atoms with E-state index in [0.29, 0.717) is 12.3 Å². The molecule has 0 spiro atoms. The van der Waals surface area contributed by atoms with E-state index < -0.39 is 0 Å². The molecule has 3 nitrogen and oxygen atoms in total. The van der Waals surface area contributed by atoms with Crippen molar-refractivity contribution in [2.45, 2.75) is 33.1 Å². The Labute approximate surface area is 72.4 Å². The van der Waals surface area contributed by atoms with Crippen LogP contribution in [0.2, 0.25) is 0 Å². The molecule has 0 bridgehead atoms. The van der Waals surface area contributed by atoms with Crippen molar-refractivity contribution in [2.75, 3.05) is 0 Å². The Kier molecular flexibility index (Phi) is 2.49. The standard InChI is InChI=1S/C9H13N3/c1-6(2)9-11-7(3)8(12-9)4-5-10/h6H,4H2,1-3H3,(H,11,12). The predicted molar refractivity (Wildman–Crippen MR) is 46.7 cm³/mol. The maximum Gasteiger partial charge on any atom is 0.109 e. The number of hydrogen-bond acceptors (Lipinski definition) is 2. The Balaban J connectivity index is 2.94. The molecule has 1 N–H and O–H groups in total. The SMILES string of the molecule is Cc1[nH]c(C(C)C)nc1CC#N. The molecule has 12 heavy (non-hydrogen) atoms. The van der Waals surface area contributed by atoms with Gasteiger partial charge in [0.15, 0.2) is 0 Å². The number of nitrogens with one attached hydrogen (secondary N) is 1. The summed E-state index contributed by atoms with van der Waals surface area (Å²) in [6, 6.07) is 2.09. The molecule has 0 aliphatic rings. The highest BCUT2D eigenvalue weighted by Crippen LogP contribution is 2.13. The van der Waals surface area contributed by atoms with Crippen molar-refractivity contribution in [3.8, 4) is 6.07 Å². The summed E-state index contributed by atoms with van der Waals surface area (Å²) in [4.78, 5) is 7.49. The van der Waals surface area contributed by atoms with E-state index in [1.54, 1.807) is 0 Å². The minimum absolute atomic E-state index is 0.398. The molecule has 0 radical (unpaired) electrons. The average molecular weight is 163 g/mol. The lowest BCUT2D eigenvalue weighted by molar-refractivity contribution is 0.789. The molecular weight excluding hydrogens is 150 g/mol. The van der Waals surface area contributed by atoms with Crippen molar-refractivity contribution in [3.05, 3.63) is 17.2 Å². The zero-order valence-corrected chi connectivity index (χ0v) is 7.68. The fourth-order valence-electron chi connectivity index (χ4n) is 1.04. The number of aromatic nitrogens is 2. The maximum absolute atomic E-state index is 8.49. The highest BCUT2D eigenvalue weighted by atomic mass is 14.9. The average Bonchev–Trinajstić information content (AvgIpc) is 2.34. The number of nitrogens with zero attached hydrogens (tertiary/aromatic N) is 2. The first-order valence-electron chi connectivity index (χ1n) is 4.07. The first-order valence-corrected chi connectivity index (χ1v) is 4.07. The second-order valence-corrected chi connectivity index (χ2v) is 3.18. The van der Waals surface area contributed by atoms with E-state index in [0.717, 1.165) is 17.2 Å². The van der Waals surface area contributed by atoms with Gasteiger partial charge in [-0.3, -0.25) is 0 Å². The molecule has 1 aromatic heterocycles. The van der Waals surface area contributed by atoms with Crippen molar-refractivity contribution in [2.24, 2.45) is 0 Å². The van der Waals surface area contributed by atoms with E-state index in [9.17, 15) is 0 Å². The van der Waals surface area contributed by atoms with E-state index in [-0.39, 0.29) is 0 Å². The summed E-state index contributed by atoms with van der Waals surface area (Å²) < 4.78 is 0. The van der Waals surface area contributed by atoms with Gasteiger partial charge in [-0.1, -0.05) is 13.8 Å². The predicted octanol–water partition coefficient (Wildman–Crippen LogP) is 1.91. The van der Waals surface area contributed by atoms with Crippen molar-refractivity contribution in [1.29, 1.82) is 5.26 Å². The third kappa shape index (κ3) is 1.65. The van der Waals surface area contributed by atoms with Crippen LogP contribution >= 0.6 is 0 Å². The van der Waals surface area contributed by atoms with Crippen molar-refractivity contribution in [3.63, 3.8) is 0 Å². The summed E-state index contributed by atoms with van der Waals surface area (Å²) in [7, 11) is 0. The van der Waals surface area contributed by atoms with Gasteiger partial charge < -0.3 is 4.98 Å². The molecule has 0 aromatic carbocycles. The minimum atomic E-state index is 0.398. The number of nitriles is 1. The lowest BCUT2D eigenvalue weighted by Gasteiger charge is -1.96. The van der Waals surface area contributed by atoms with Crippen LogP contribution in [0.3, 0.4) is 0 Å². The molecule has 0 fully saturated rings. The highest BCUT2D eigenvalue weighted by Gasteiger charge is 2.08. The van der Waals surface area contributed by atoms with Crippen LogP contribution in [-0.4, -0.2) is 9.97 Å². The number of rotatable bonds is 2. The van der Waals surface area contributed by atoms with Gasteiger partial charge >= 0.3 is 0 Å². The van der Waals surface area contributed by atoms with Gasteiger partial charge in [0, 0.05) is 11.6 Å². The highest BCUT2D eigenvalue weighted by molar-refractivity contribution is 5.17. The van der Waals surface area contributed by atoms with Crippen LogP contribution in [0.5, 0.6) is 0 Å². The third-order valence-electron chi connectivity index (χ3n) is 1.80. The minimum Gasteiger partial charge on any atom is -0.346 e. The van der Waals surface area contributed by atoms with Gasteiger partial charge in [-0.05, 0) is 6.92 Å². The topological polar surface area (TPSA) is 52.5 Å². The molecule has 0 atom stereocenters. The second kappa shape index (κ2) is 3.40. The van der Waals surface area contributed by atoms with Gasteiger partial charge in [0.25, 0.3) is 0 Å². The van der Waals surface area contributed by atoms with Gasteiger partial charge in [0.2, 0.25) is 0 Å². The lowest BCUT2D eigenvalue weighted by atomic mass is 10.2. The van der Waals surface area contributed by atoms with Crippen LogP contribution in [0, 0.1) is 18.3 Å². The van der Waals surface area contributed by atoms with E-state index in [1.165, 1.54) is 0 Å². The van der Waals surface area contributed by atoms with Crippen LogP contribution in [-0.2, 0) is 6.42 Å². The number of aryl methyl sites for hydroxylation is 1. The monoisotopic (exact) mass is 163 g/mol. The molecule has 0 unspecified atom stereocenters. The van der Waals surface area contributed by atoms with E-state index in [2.05, 4.69) is 29.9 Å². The number of hydrogen-bond donors (Lipinski definition) is 1. The molecule has 0 amide bonds. The van der Waals surface area contributed by atoms with E-state index >= 15 is 0 Å². The Morgan fingerprint density at radius 2 is 2.25 bits per heavy atom. The summed E-state index contributed by atoms with van der Waals surface area (Å²) >= 11 is 0. The second-order valence-electron chi connectivity index (χ2n) is 3.18. The molecule has 64 valence electrons. The molecule has 0 aliphatic carbocycles. The lowest BCUT2D eigenvalue weighted by Crippen LogP contribution is -1.90. The molecule has 1 rings (SSSR count). The van der Waals surface area contributed by atoms with Gasteiger partial charge in [-0.15, -0.1) is 0 Å². The fraction of sp³-hybridized carbons (Fsp3) is 0.556. The molecule has 0 saturated heterocycles. The van der Waals surface area contributed by atoms with Gasteiger partial charge in [0.05, 0.1) is 18.2 Å². The summed E-state index contributed by atoms with van der Waals surface area (Å²) in [5.41, 5.74) is 1.89. The molecule has 1 aromatic rings. The number of imidazole rings is 1. The van der Waals surface area contributed by atoms with Crippen LogP contribution in [0.25, 0.3) is 0 Å². The summed E-state index contributed by atoms with van der Waals surface area (Å²) in [6.07, 6.45) is 0.398. The molecule has 3 heteroatoms. The van der Waals surface area contributed by atoms with E-state index in [1.807, 2.05) is 6.92 Å². The first-order chi connectivity index (χ1) is 5.65. The summed E-state index contributed by atoms with van der Waals surface area (Å²) in [5, 5.41) is 8.49. The Morgan fingerprint density at radius 3 is 2.67 bits per heavy atom. The van der Waals surface area contributed by atoms with Gasteiger partial charge in [-0.25, -0.2) is 4.98 Å². The van der Waals surface area contributed by atoms with Crippen molar-refractivity contribution >= 4 is 0 Å². The number of H-pyrrole nitrogens is 1. The quantitative estimate of drug-likeness (QED) is 0.724. The van der Waals surface area contributed by atoms with Crippen LogP contribution in [0.15, 0.2) is 0 Å². The maximum atomic E-state index is 8.49. The van der Waals surface area contributed by atoms with Gasteiger partial charge in [-0.2, -0.15) is 5.26 Å². The van der Waals surface area contributed by atoms with Crippen molar-refractivity contribution < 1.29 is 0 Å². The van der Waals surface area contributed by atoms with Crippen LogP contribution < -0.4 is 0 Å². The molecule has 0 aliphatic heterocycles. The summed E-state index contributed by atoms with van der Waals surface area (Å²) in [5.74, 6) is 1.37. The van der Waals surface area contributed by atoms with Crippen molar-refractivity contribution in [1.82, 2.24) is 9.97 Å². The Hall–Kier alpha value is -1.30. The zero-order valence-electron chi connectivity index (χ0n) is 7.68. The van der Waals surface area contributed by atoms with Gasteiger partial charge in [0.1, 0.15) is 5.82 Å². The number of aromatic amines is 1. The summed E-state index contributed by atoms with van der Waals surface area (Å²) in [6.45, 7) is 6.11. The van der Waals surface area contributed by atoms with Crippen LogP contribution in [0.4, 0.5) is 0 Å². The molecule has 1 heterocycles. The normalized spacial score (nSPS) is 10.2. The first kappa shape index (κ1) is 8.79. The molecule has 0 saturated carbocycles. The Bertz CT molecular complexity index is 304. The molecular formula is C9H13N3. The van der Waals surface area contributed by atoms with Crippen LogP contribution in [0.1, 0.15) is 37.0 Å².